The average molecular weight is 265 g/mol. The minimum Gasteiger partial charge on any atom is -0.388 e. The smallest absolute Gasteiger partial charge is 0.124 e. The minimum absolute atomic E-state index is 0.345. The largest absolute Gasteiger partial charge is 0.388 e. The normalized spacial score (nSPS) is 19.5. The fourth-order valence-corrected chi connectivity index (χ4v) is 2.49. The first kappa shape index (κ1) is 13.2. The summed E-state index contributed by atoms with van der Waals surface area (Å²) in [6.07, 6.45) is 4.08. The summed E-state index contributed by atoms with van der Waals surface area (Å²) in [5, 5.41) is 0. The summed E-state index contributed by atoms with van der Waals surface area (Å²) in [4.78, 5) is 6.77. The number of hydrogen-bond acceptors (Lipinski definition) is 4. The van der Waals surface area contributed by atoms with Gasteiger partial charge in [0.2, 0.25) is 0 Å². The van der Waals surface area contributed by atoms with E-state index < -0.39 is 0 Å². The van der Waals surface area contributed by atoms with Crippen LogP contribution in [-0.2, 0) is 4.74 Å². The number of rotatable bonds is 4. The maximum atomic E-state index is 5.70. The van der Waals surface area contributed by atoms with Gasteiger partial charge in [-0.05, 0) is 30.9 Å². The fraction of sp³-hybridized carbons (Fsp3) is 0.538. The molecule has 5 heteroatoms. The van der Waals surface area contributed by atoms with Crippen LogP contribution in [0.3, 0.4) is 0 Å². The van der Waals surface area contributed by atoms with Crippen LogP contribution in [0.5, 0.6) is 0 Å². The third-order valence-electron chi connectivity index (χ3n) is 3.22. The molecule has 2 rings (SSSR count). The van der Waals surface area contributed by atoms with Crippen LogP contribution in [0.2, 0.25) is 0 Å². The predicted molar refractivity (Wildman–Crippen MR) is 76.9 cm³/mol. The van der Waals surface area contributed by atoms with Gasteiger partial charge < -0.3 is 15.4 Å². The number of thiocarbonyl (C=S) groups is 1. The lowest BCUT2D eigenvalue weighted by atomic mass is 10.0. The molecule has 1 aliphatic heterocycles. The van der Waals surface area contributed by atoms with Gasteiger partial charge in [-0.2, -0.15) is 0 Å². The van der Waals surface area contributed by atoms with Crippen molar-refractivity contribution in [2.45, 2.75) is 12.8 Å². The van der Waals surface area contributed by atoms with Crippen LogP contribution in [0.15, 0.2) is 18.3 Å². The number of ether oxygens (including phenoxy) is 1. The first-order valence-corrected chi connectivity index (χ1v) is 6.63. The van der Waals surface area contributed by atoms with E-state index in [0.717, 1.165) is 31.9 Å². The van der Waals surface area contributed by atoms with Crippen molar-refractivity contribution in [3.8, 4) is 0 Å². The number of anilines is 1. The van der Waals surface area contributed by atoms with E-state index in [9.17, 15) is 0 Å². The molecule has 0 aliphatic carbocycles. The Labute approximate surface area is 113 Å². The standard InChI is InChI=1S/C13H19N3OS/c1-16(8-10-4-3-7-17-9-10)11-5-2-6-15-12(11)13(14)18/h2,5-6,10H,3-4,7-9H2,1H3,(H2,14,18). The number of nitrogens with two attached hydrogens (primary N) is 1. The second-order valence-electron chi connectivity index (χ2n) is 4.70. The molecule has 98 valence electrons. The summed E-state index contributed by atoms with van der Waals surface area (Å²) in [5.74, 6) is 0.572. The number of aromatic nitrogens is 1. The van der Waals surface area contributed by atoms with Gasteiger partial charge in [0.05, 0.1) is 12.3 Å². The van der Waals surface area contributed by atoms with Crippen molar-refractivity contribution in [3.05, 3.63) is 24.0 Å². The Balaban J connectivity index is 2.08. The van der Waals surface area contributed by atoms with Gasteiger partial charge in [0.25, 0.3) is 0 Å². The SMILES string of the molecule is CN(CC1CCCOC1)c1cccnc1C(N)=S. The van der Waals surface area contributed by atoms with Gasteiger partial charge in [-0.1, -0.05) is 12.2 Å². The molecule has 18 heavy (non-hydrogen) atoms. The molecule has 0 radical (unpaired) electrons. The summed E-state index contributed by atoms with van der Waals surface area (Å²) < 4.78 is 5.50. The minimum atomic E-state index is 0.345. The van der Waals surface area contributed by atoms with E-state index in [1.54, 1.807) is 6.20 Å². The highest BCUT2D eigenvalue weighted by atomic mass is 32.1. The van der Waals surface area contributed by atoms with Crippen LogP contribution >= 0.6 is 12.2 Å². The third-order valence-corrected chi connectivity index (χ3v) is 3.41. The van der Waals surface area contributed by atoms with Crippen molar-refractivity contribution in [3.63, 3.8) is 0 Å². The fourth-order valence-electron chi connectivity index (χ4n) is 2.33. The molecule has 1 atom stereocenters. The molecule has 1 aliphatic rings. The maximum absolute atomic E-state index is 5.70. The molecule has 0 saturated carbocycles. The van der Waals surface area contributed by atoms with E-state index in [0.29, 0.717) is 16.6 Å². The van der Waals surface area contributed by atoms with E-state index in [2.05, 4.69) is 9.88 Å². The molecule has 0 aromatic carbocycles. The zero-order valence-electron chi connectivity index (χ0n) is 10.6. The van der Waals surface area contributed by atoms with Crippen molar-refractivity contribution in [1.29, 1.82) is 0 Å². The Morgan fingerprint density at radius 3 is 3.17 bits per heavy atom. The van der Waals surface area contributed by atoms with E-state index in [1.165, 1.54) is 6.42 Å². The first-order chi connectivity index (χ1) is 8.68. The summed E-state index contributed by atoms with van der Waals surface area (Å²) in [6.45, 7) is 2.68. The van der Waals surface area contributed by atoms with Crippen molar-refractivity contribution in [1.82, 2.24) is 4.98 Å². The molecule has 1 saturated heterocycles. The molecule has 1 aromatic heterocycles. The van der Waals surface area contributed by atoms with Gasteiger partial charge in [-0.3, -0.25) is 4.98 Å². The van der Waals surface area contributed by atoms with Gasteiger partial charge in [0.1, 0.15) is 10.7 Å². The molecule has 1 unspecified atom stereocenters. The van der Waals surface area contributed by atoms with Crippen LogP contribution in [-0.4, -0.2) is 36.8 Å². The Kier molecular flexibility index (Phi) is 4.49. The highest BCUT2D eigenvalue weighted by molar-refractivity contribution is 7.80. The zero-order chi connectivity index (χ0) is 13.0. The summed E-state index contributed by atoms with van der Waals surface area (Å²) >= 11 is 5.04. The average Bonchev–Trinajstić information content (AvgIpc) is 2.40. The van der Waals surface area contributed by atoms with Crippen LogP contribution in [0.1, 0.15) is 18.5 Å². The summed E-state index contributed by atoms with van der Waals surface area (Å²) in [7, 11) is 2.05. The number of nitrogens with zero attached hydrogens (tertiary/aromatic N) is 2. The summed E-state index contributed by atoms with van der Waals surface area (Å²) in [6, 6.07) is 3.91. The lowest BCUT2D eigenvalue weighted by Crippen LogP contribution is -2.32. The van der Waals surface area contributed by atoms with Crippen LogP contribution in [0.25, 0.3) is 0 Å². The molecule has 1 aromatic rings. The van der Waals surface area contributed by atoms with Gasteiger partial charge in [0.15, 0.2) is 0 Å². The Morgan fingerprint density at radius 1 is 1.67 bits per heavy atom. The van der Waals surface area contributed by atoms with Gasteiger partial charge in [-0.15, -0.1) is 0 Å². The molecule has 0 spiro atoms. The van der Waals surface area contributed by atoms with Crippen molar-refractivity contribution >= 4 is 22.9 Å². The van der Waals surface area contributed by atoms with E-state index in [4.69, 9.17) is 22.7 Å². The lowest BCUT2D eigenvalue weighted by Gasteiger charge is -2.29. The van der Waals surface area contributed by atoms with Gasteiger partial charge in [0, 0.05) is 26.4 Å². The predicted octanol–water partition coefficient (Wildman–Crippen LogP) is 1.58. The molecular formula is C13H19N3OS. The second kappa shape index (κ2) is 6.11. The number of pyridine rings is 1. The molecule has 2 N–H and O–H groups in total. The zero-order valence-corrected chi connectivity index (χ0v) is 11.4. The van der Waals surface area contributed by atoms with Crippen molar-refractivity contribution < 1.29 is 4.74 Å². The van der Waals surface area contributed by atoms with Crippen molar-refractivity contribution in [2.75, 3.05) is 31.7 Å². The Bertz CT molecular complexity index is 418. The highest BCUT2D eigenvalue weighted by Gasteiger charge is 2.18. The molecule has 1 fully saturated rings. The number of hydrogen-bond donors (Lipinski definition) is 1. The van der Waals surface area contributed by atoms with Crippen molar-refractivity contribution in [2.24, 2.45) is 11.7 Å². The van der Waals surface area contributed by atoms with Crippen LogP contribution in [0, 0.1) is 5.92 Å². The molecule has 2 heterocycles. The molecule has 4 nitrogen and oxygen atoms in total. The third kappa shape index (κ3) is 3.17. The quantitative estimate of drug-likeness (QED) is 0.838. The Hall–Kier alpha value is -1.20. The monoisotopic (exact) mass is 265 g/mol. The van der Waals surface area contributed by atoms with Gasteiger partial charge >= 0.3 is 0 Å². The second-order valence-corrected chi connectivity index (χ2v) is 5.14. The molecular weight excluding hydrogens is 246 g/mol. The van der Waals surface area contributed by atoms with Crippen LogP contribution in [0.4, 0.5) is 5.69 Å². The lowest BCUT2D eigenvalue weighted by molar-refractivity contribution is 0.0576. The maximum Gasteiger partial charge on any atom is 0.124 e. The van der Waals surface area contributed by atoms with Crippen LogP contribution < -0.4 is 10.6 Å². The molecule has 0 bridgehead atoms. The van der Waals surface area contributed by atoms with E-state index in [1.807, 2.05) is 19.2 Å². The highest BCUT2D eigenvalue weighted by Crippen LogP contribution is 2.21. The van der Waals surface area contributed by atoms with E-state index in [-0.39, 0.29) is 0 Å². The first-order valence-electron chi connectivity index (χ1n) is 6.22. The molecule has 0 amide bonds. The summed E-state index contributed by atoms with van der Waals surface area (Å²) in [5.41, 5.74) is 7.40. The van der Waals surface area contributed by atoms with Gasteiger partial charge in [-0.25, -0.2) is 0 Å². The van der Waals surface area contributed by atoms with E-state index >= 15 is 0 Å². The Morgan fingerprint density at radius 2 is 2.50 bits per heavy atom. The topological polar surface area (TPSA) is 51.4 Å².